The second kappa shape index (κ2) is 6.49. The van der Waals surface area contributed by atoms with Gasteiger partial charge in [0.1, 0.15) is 0 Å². The van der Waals surface area contributed by atoms with Crippen LogP contribution >= 0.6 is 0 Å². The maximum Gasteiger partial charge on any atom is 0.241 e. The third-order valence-corrected chi connectivity index (χ3v) is 3.24. The van der Waals surface area contributed by atoms with Gasteiger partial charge in [-0.3, -0.25) is 9.59 Å². The van der Waals surface area contributed by atoms with E-state index in [0.29, 0.717) is 31.6 Å². The van der Waals surface area contributed by atoms with Crippen LogP contribution in [0.5, 0.6) is 0 Å². The molecule has 0 saturated carbocycles. The summed E-state index contributed by atoms with van der Waals surface area (Å²) in [5.41, 5.74) is 8.28. The van der Waals surface area contributed by atoms with E-state index >= 15 is 0 Å². The molecule has 0 fully saturated rings. The van der Waals surface area contributed by atoms with Crippen molar-refractivity contribution in [2.75, 3.05) is 24.4 Å². The van der Waals surface area contributed by atoms with E-state index < -0.39 is 6.04 Å². The van der Waals surface area contributed by atoms with Crippen molar-refractivity contribution in [2.24, 2.45) is 5.73 Å². The van der Waals surface area contributed by atoms with Crippen molar-refractivity contribution in [1.82, 2.24) is 0 Å². The molecule has 0 bridgehead atoms. The standard InChI is InChI=1S/C14H19N3O3/c1-20-7-6-11(15)14(19)16-10-3-4-12-9(8-10)2-5-13(18)17-12/h3-4,8,11H,2,5-7,15H2,1H3,(H,16,19)(H,17,18). The van der Waals surface area contributed by atoms with Gasteiger partial charge in [-0.1, -0.05) is 0 Å². The summed E-state index contributed by atoms with van der Waals surface area (Å²) >= 11 is 0. The summed E-state index contributed by atoms with van der Waals surface area (Å²) in [5.74, 6) is -0.210. The molecule has 1 heterocycles. The number of fused-ring (bicyclic) bond motifs is 1. The highest BCUT2D eigenvalue weighted by Crippen LogP contribution is 2.25. The first-order valence-corrected chi connectivity index (χ1v) is 6.58. The maximum absolute atomic E-state index is 11.9. The van der Waals surface area contributed by atoms with Crippen molar-refractivity contribution in [3.05, 3.63) is 23.8 Å². The maximum atomic E-state index is 11.9. The van der Waals surface area contributed by atoms with Crippen molar-refractivity contribution < 1.29 is 14.3 Å². The second-order valence-electron chi connectivity index (χ2n) is 4.80. The first kappa shape index (κ1) is 14.5. The lowest BCUT2D eigenvalue weighted by atomic mass is 10.0. The molecule has 6 nitrogen and oxygen atoms in total. The van der Waals surface area contributed by atoms with Crippen LogP contribution in [0.1, 0.15) is 18.4 Å². The Hall–Kier alpha value is -1.92. The summed E-state index contributed by atoms with van der Waals surface area (Å²) in [6, 6.07) is 4.83. The predicted molar refractivity (Wildman–Crippen MR) is 76.5 cm³/mol. The predicted octanol–water partition coefficient (Wildman–Crippen LogP) is 0.874. The van der Waals surface area contributed by atoms with Gasteiger partial charge < -0.3 is 21.1 Å². The van der Waals surface area contributed by atoms with E-state index in [1.54, 1.807) is 19.2 Å². The summed E-state index contributed by atoms with van der Waals surface area (Å²) in [7, 11) is 1.57. The van der Waals surface area contributed by atoms with Gasteiger partial charge >= 0.3 is 0 Å². The molecule has 1 aromatic rings. The molecule has 1 aliphatic heterocycles. The van der Waals surface area contributed by atoms with Gasteiger partial charge in [-0.05, 0) is 36.6 Å². The highest BCUT2D eigenvalue weighted by Gasteiger charge is 2.17. The zero-order valence-corrected chi connectivity index (χ0v) is 11.4. The Kier molecular flexibility index (Phi) is 4.70. The molecule has 1 unspecified atom stereocenters. The minimum absolute atomic E-state index is 0.0240. The molecule has 6 heteroatoms. The minimum atomic E-state index is -0.592. The number of amides is 2. The van der Waals surface area contributed by atoms with Crippen LogP contribution in [-0.4, -0.2) is 31.6 Å². The van der Waals surface area contributed by atoms with Crippen LogP contribution in [0.15, 0.2) is 18.2 Å². The Morgan fingerprint density at radius 1 is 1.50 bits per heavy atom. The quantitative estimate of drug-likeness (QED) is 0.744. The summed E-state index contributed by atoms with van der Waals surface area (Å²) in [6.45, 7) is 0.449. The highest BCUT2D eigenvalue weighted by atomic mass is 16.5. The van der Waals surface area contributed by atoms with E-state index in [1.165, 1.54) is 0 Å². The summed E-state index contributed by atoms with van der Waals surface area (Å²) in [5, 5.41) is 5.58. The zero-order valence-electron chi connectivity index (χ0n) is 11.4. The normalized spacial score (nSPS) is 15.2. The van der Waals surface area contributed by atoms with E-state index in [4.69, 9.17) is 10.5 Å². The number of anilines is 2. The monoisotopic (exact) mass is 277 g/mol. The van der Waals surface area contributed by atoms with Crippen LogP contribution < -0.4 is 16.4 Å². The molecule has 2 rings (SSSR count). The molecule has 4 N–H and O–H groups in total. The van der Waals surface area contributed by atoms with E-state index in [0.717, 1.165) is 11.3 Å². The number of carbonyl (C=O) groups is 2. The van der Waals surface area contributed by atoms with Gasteiger partial charge in [-0.25, -0.2) is 0 Å². The van der Waals surface area contributed by atoms with Crippen molar-refractivity contribution in [3.63, 3.8) is 0 Å². The molecule has 0 spiro atoms. The highest BCUT2D eigenvalue weighted by molar-refractivity contribution is 5.97. The third kappa shape index (κ3) is 3.55. The van der Waals surface area contributed by atoms with Crippen LogP contribution in [0.25, 0.3) is 0 Å². The molecule has 0 saturated heterocycles. The molecule has 0 aliphatic carbocycles. The molecule has 1 atom stereocenters. The summed E-state index contributed by atoms with van der Waals surface area (Å²) in [6.07, 6.45) is 1.63. The number of hydrogen-bond donors (Lipinski definition) is 3. The second-order valence-corrected chi connectivity index (χ2v) is 4.80. The number of benzene rings is 1. The smallest absolute Gasteiger partial charge is 0.241 e. The number of hydrogen-bond acceptors (Lipinski definition) is 4. The number of nitrogens with one attached hydrogen (secondary N) is 2. The molecule has 2 amide bonds. The van der Waals surface area contributed by atoms with Crippen LogP contribution in [0.3, 0.4) is 0 Å². The fraction of sp³-hybridized carbons (Fsp3) is 0.429. The van der Waals surface area contributed by atoms with Crippen LogP contribution in [0.2, 0.25) is 0 Å². The molecular weight excluding hydrogens is 258 g/mol. The third-order valence-electron chi connectivity index (χ3n) is 3.24. The minimum Gasteiger partial charge on any atom is -0.385 e. The van der Waals surface area contributed by atoms with Gasteiger partial charge in [0.25, 0.3) is 0 Å². The van der Waals surface area contributed by atoms with E-state index in [2.05, 4.69) is 10.6 Å². The zero-order chi connectivity index (χ0) is 14.5. The first-order valence-electron chi connectivity index (χ1n) is 6.58. The van der Waals surface area contributed by atoms with E-state index in [9.17, 15) is 9.59 Å². The number of carbonyl (C=O) groups excluding carboxylic acids is 2. The molecule has 0 aromatic heterocycles. The Morgan fingerprint density at radius 2 is 2.30 bits per heavy atom. The van der Waals surface area contributed by atoms with Crippen molar-refractivity contribution in [2.45, 2.75) is 25.3 Å². The van der Waals surface area contributed by atoms with Gasteiger partial charge in [0.05, 0.1) is 6.04 Å². The van der Waals surface area contributed by atoms with Gasteiger partial charge in [0, 0.05) is 31.5 Å². The van der Waals surface area contributed by atoms with Gasteiger partial charge in [-0.2, -0.15) is 0 Å². The molecule has 20 heavy (non-hydrogen) atoms. The van der Waals surface area contributed by atoms with Crippen LogP contribution in [0, 0.1) is 0 Å². The van der Waals surface area contributed by atoms with E-state index in [-0.39, 0.29) is 11.8 Å². The lowest BCUT2D eigenvalue weighted by Gasteiger charge is -2.18. The number of aryl methyl sites for hydroxylation is 1. The first-order chi connectivity index (χ1) is 9.60. The fourth-order valence-corrected chi connectivity index (χ4v) is 2.07. The number of nitrogens with two attached hydrogens (primary N) is 1. The van der Waals surface area contributed by atoms with E-state index in [1.807, 2.05) is 6.07 Å². The van der Waals surface area contributed by atoms with Gasteiger partial charge in [0.2, 0.25) is 11.8 Å². The number of ether oxygens (including phenoxy) is 1. The Balaban J connectivity index is 2.00. The Labute approximate surface area is 117 Å². The van der Waals surface area contributed by atoms with Gasteiger partial charge in [0.15, 0.2) is 0 Å². The SMILES string of the molecule is COCCC(N)C(=O)Nc1ccc2c(c1)CCC(=O)N2. The van der Waals surface area contributed by atoms with Crippen molar-refractivity contribution >= 4 is 23.2 Å². The molecule has 1 aromatic carbocycles. The van der Waals surface area contributed by atoms with Gasteiger partial charge in [-0.15, -0.1) is 0 Å². The fourth-order valence-electron chi connectivity index (χ4n) is 2.07. The van der Waals surface area contributed by atoms with Crippen LogP contribution in [-0.2, 0) is 20.7 Å². The number of rotatable bonds is 5. The lowest BCUT2D eigenvalue weighted by Crippen LogP contribution is -2.36. The topological polar surface area (TPSA) is 93.4 Å². The lowest BCUT2D eigenvalue weighted by molar-refractivity contribution is -0.118. The Bertz CT molecular complexity index is 516. The summed E-state index contributed by atoms with van der Waals surface area (Å²) in [4.78, 5) is 23.1. The average Bonchev–Trinajstić information content (AvgIpc) is 2.44. The summed E-state index contributed by atoms with van der Waals surface area (Å²) < 4.78 is 4.90. The Morgan fingerprint density at radius 3 is 3.05 bits per heavy atom. The van der Waals surface area contributed by atoms with Crippen LogP contribution in [0.4, 0.5) is 11.4 Å². The van der Waals surface area contributed by atoms with Crippen molar-refractivity contribution in [3.8, 4) is 0 Å². The molecule has 1 aliphatic rings. The van der Waals surface area contributed by atoms with Crippen molar-refractivity contribution in [1.29, 1.82) is 0 Å². The number of methoxy groups -OCH3 is 1. The average molecular weight is 277 g/mol. The molecular formula is C14H19N3O3. The molecule has 0 radical (unpaired) electrons. The largest absolute Gasteiger partial charge is 0.385 e. The molecule has 108 valence electrons.